The number of benzene rings is 1. The molecule has 1 aromatic rings. The molecule has 0 aliphatic carbocycles. The summed E-state index contributed by atoms with van der Waals surface area (Å²) in [5.41, 5.74) is 1.10. The van der Waals surface area contributed by atoms with E-state index in [1.165, 1.54) is 25.9 Å². The van der Waals surface area contributed by atoms with Crippen LogP contribution in [0.4, 0.5) is 0 Å². The predicted molar refractivity (Wildman–Crippen MR) is 79.7 cm³/mol. The number of carboxylic acids is 1. The van der Waals surface area contributed by atoms with Gasteiger partial charge in [-0.2, -0.15) is 0 Å². The van der Waals surface area contributed by atoms with Crippen LogP contribution in [0.3, 0.4) is 0 Å². The van der Waals surface area contributed by atoms with E-state index in [0.29, 0.717) is 6.42 Å². The van der Waals surface area contributed by atoms with E-state index in [1.54, 1.807) is 11.8 Å². The lowest BCUT2D eigenvalue weighted by molar-refractivity contribution is -0.136. The number of thioether (sulfide) groups is 1. The van der Waals surface area contributed by atoms with Crippen molar-refractivity contribution in [2.24, 2.45) is 0 Å². The average molecular weight is 279 g/mol. The van der Waals surface area contributed by atoms with Crippen molar-refractivity contribution in [2.75, 3.05) is 25.4 Å². The van der Waals surface area contributed by atoms with Gasteiger partial charge < -0.3 is 10.0 Å². The maximum atomic E-state index is 11.3. The van der Waals surface area contributed by atoms with Crippen molar-refractivity contribution in [3.8, 4) is 0 Å². The molecule has 1 fully saturated rings. The number of nitrogens with zero attached hydrogens (tertiary/aromatic N) is 1. The van der Waals surface area contributed by atoms with E-state index < -0.39 is 5.97 Å². The Morgan fingerprint density at radius 3 is 2.58 bits per heavy atom. The van der Waals surface area contributed by atoms with Crippen LogP contribution >= 0.6 is 11.8 Å². The molecule has 1 atom stereocenters. The van der Waals surface area contributed by atoms with Crippen LogP contribution in [0.15, 0.2) is 30.3 Å². The van der Waals surface area contributed by atoms with Gasteiger partial charge in [0, 0.05) is 12.3 Å². The third kappa shape index (κ3) is 4.88. The molecule has 104 valence electrons. The second-order valence-electron chi connectivity index (χ2n) is 4.94. The van der Waals surface area contributed by atoms with E-state index in [0.717, 1.165) is 17.9 Å². The molecule has 1 aliphatic heterocycles. The van der Waals surface area contributed by atoms with Crippen LogP contribution in [0.1, 0.15) is 18.4 Å². The Morgan fingerprint density at radius 2 is 1.95 bits per heavy atom. The molecule has 0 bridgehead atoms. The van der Waals surface area contributed by atoms with Crippen molar-refractivity contribution in [3.05, 3.63) is 35.9 Å². The number of hydrogen-bond acceptors (Lipinski definition) is 3. The highest BCUT2D eigenvalue weighted by Gasteiger charge is 2.19. The monoisotopic (exact) mass is 279 g/mol. The van der Waals surface area contributed by atoms with Gasteiger partial charge in [0.2, 0.25) is 0 Å². The maximum Gasteiger partial charge on any atom is 0.316 e. The first-order valence-corrected chi connectivity index (χ1v) is 7.91. The average Bonchev–Trinajstić information content (AvgIpc) is 2.92. The Hall–Kier alpha value is -1.00. The summed E-state index contributed by atoms with van der Waals surface area (Å²) in [6.07, 6.45) is 3.19. The van der Waals surface area contributed by atoms with E-state index in [2.05, 4.69) is 4.90 Å². The molecule has 0 spiro atoms. The van der Waals surface area contributed by atoms with Crippen LogP contribution in [0.25, 0.3) is 0 Å². The van der Waals surface area contributed by atoms with Crippen molar-refractivity contribution >= 4 is 17.7 Å². The minimum Gasteiger partial charge on any atom is -0.480 e. The summed E-state index contributed by atoms with van der Waals surface area (Å²) in [4.78, 5) is 13.7. The Kier molecular flexibility index (Phi) is 5.73. The van der Waals surface area contributed by atoms with E-state index in [9.17, 15) is 9.90 Å². The number of carbonyl (C=O) groups is 1. The number of hydrogen-bond donors (Lipinski definition) is 1. The lowest BCUT2D eigenvalue weighted by Crippen LogP contribution is -2.25. The summed E-state index contributed by atoms with van der Waals surface area (Å²) < 4.78 is 0. The van der Waals surface area contributed by atoms with Crippen molar-refractivity contribution in [1.82, 2.24) is 4.90 Å². The van der Waals surface area contributed by atoms with Crippen LogP contribution < -0.4 is 0 Å². The number of rotatable bonds is 7. The quantitative estimate of drug-likeness (QED) is 0.832. The topological polar surface area (TPSA) is 40.5 Å². The fourth-order valence-electron chi connectivity index (χ4n) is 2.38. The van der Waals surface area contributed by atoms with Gasteiger partial charge in [0.05, 0.1) is 0 Å². The first-order valence-electron chi connectivity index (χ1n) is 6.86. The first-order chi connectivity index (χ1) is 9.25. The largest absolute Gasteiger partial charge is 0.480 e. The number of aliphatic carboxylic acids is 1. The SMILES string of the molecule is O=C(O)C(Cc1ccccc1)SCCN1CCCC1. The Morgan fingerprint density at radius 1 is 1.26 bits per heavy atom. The lowest BCUT2D eigenvalue weighted by Gasteiger charge is -2.16. The molecule has 19 heavy (non-hydrogen) atoms. The van der Waals surface area contributed by atoms with Crippen LogP contribution in [-0.2, 0) is 11.2 Å². The second-order valence-corrected chi connectivity index (χ2v) is 6.25. The van der Waals surface area contributed by atoms with E-state index in [-0.39, 0.29) is 5.25 Å². The van der Waals surface area contributed by atoms with Crippen LogP contribution in [0.5, 0.6) is 0 Å². The van der Waals surface area contributed by atoms with Crippen molar-refractivity contribution < 1.29 is 9.90 Å². The Balaban J connectivity index is 1.77. The summed E-state index contributed by atoms with van der Waals surface area (Å²) in [5, 5.41) is 8.96. The van der Waals surface area contributed by atoms with Crippen molar-refractivity contribution in [2.45, 2.75) is 24.5 Å². The highest BCUT2D eigenvalue weighted by atomic mass is 32.2. The van der Waals surface area contributed by atoms with Crippen LogP contribution in [0, 0.1) is 0 Å². The van der Waals surface area contributed by atoms with Crippen molar-refractivity contribution in [3.63, 3.8) is 0 Å². The van der Waals surface area contributed by atoms with Gasteiger partial charge in [0.1, 0.15) is 5.25 Å². The molecule has 1 aliphatic rings. The van der Waals surface area contributed by atoms with Crippen LogP contribution in [-0.4, -0.2) is 46.6 Å². The molecule has 1 saturated heterocycles. The molecule has 1 N–H and O–H groups in total. The molecular formula is C15H21NO2S. The fraction of sp³-hybridized carbons (Fsp3) is 0.533. The molecule has 1 aromatic carbocycles. The second kappa shape index (κ2) is 7.56. The first kappa shape index (κ1) is 14.4. The highest BCUT2D eigenvalue weighted by molar-refractivity contribution is 8.00. The van der Waals surface area contributed by atoms with E-state index in [1.807, 2.05) is 30.3 Å². The van der Waals surface area contributed by atoms with Gasteiger partial charge in [-0.3, -0.25) is 4.79 Å². The van der Waals surface area contributed by atoms with Gasteiger partial charge in [0.25, 0.3) is 0 Å². The maximum absolute atomic E-state index is 11.3. The lowest BCUT2D eigenvalue weighted by atomic mass is 10.1. The van der Waals surface area contributed by atoms with Gasteiger partial charge in [-0.1, -0.05) is 30.3 Å². The summed E-state index contributed by atoms with van der Waals surface area (Å²) in [7, 11) is 0. The summed E-state index contributed by atoms with van der Waals surface area (Å²) >= 11 is 1.57. The minimum absolute atomic E-state index is 0.329. The smallest absolute Gasteiger partial charge is 0.316 e. The van der Waals surface area contributed by atoms with Gasteiger partial charge in [-0.05, 0) is 37.9 Å². The third-order valence-corrected chi connectivity index (χ3v) is 4.65. The molecular weight excluding hydrogens is 258 g/mol. The Bertz CT molecular complexity index is 390. The van der Waals surface area contributed by atoms with Gasteiger partial charge in [0.15, 0.2) is 0 Å². The van der Waals surface area contributed by atoms with E-state index in [4.69, 9.17) is 0 Å². The highest BCUT2D eigenvalue weighted by Crippen LogP contribution is 2.18. The summed E-state index contributed by atoms with van der Waals surface area (Å²) in [6, 6.07) is 9.88. The summed E-state index contributed by atoms with van der Waals surface area (Å²) in [6.45, 7) is 3.37. The number of carboxylic acid groups (broad SMARTS) is 1. The zero-order valence-electron chi connectivity index (χ0n) is 11.1. The molecule has 0 aromatic heterocycles. The molecule has 1 heterocycles. The van der Waals surface area contributed by atoms with Gasteiger partial charge in [-0.15, -0.1) is 11.8 Å². The molecule has 3 nitrogen and oxygen atoms in total. The standard InChI is InChI=1S/C15H21NO2S/c17-15(18)14(12-13-6-2-1-3-7-13)19-11-10-16-8-4-5-9-16/h1-3,6-7,14H,4-5,8-12H2,(H,17,18). The van der Waals surface area contributed by atoms with Crippen LogP contribution in [0.2, 0.25) is 0 Å². The zero-order chi connectivity index (χ0) is 13.5. The molecule has 4 heteroatoms. The summed E-state index contributed by atoms with van der Waals surface area (Å²) in [5.74, 6) is 0.208. The minimum atomic E-state index is -0.699. The predicted octanol–water partition coefficient (Wildman–Crippen LogP) is 2.51. The molecule has 2 rings (SSSR count). The fourth-order valence-corrected chi connectivity index (χ4v) is 3.48. The van der Waals surface area contributed by atoms with E-state index >= 15 is 0 Å². The zero-order valence-corrected chi connectivity index (χ0v) is 11.9. The molecule has 0 amide bonds. The molecule has 0 saturated carbocycles. The normalized spacial score (nSPS) is 17.5. The molecule has 1 unspecified atom stereocenters. The number of likely N-dealkylation sites (tertiary alicyclic amines) is 1. The van der Waals surface area contributed by atoms with Gasteiger partial charge >= 0.3 is 5.97 Å². The Labute approximate surface area is 119 Å². The third-order valence-electron chi connectivity index (χ3n) is 3.46. The van der Waals surface area contributed by atoms with Crippen molar-refractivity contribution in [1.29, 1.82) is 0 Å². The molecule has 0 radical (unpaired) electrons. The van der Waals surface area contributed by atoms with Gasteiger partial charge in [-0.25, -0.2) is 0 Å².